The van der Waals surface area contributed by atoms with Crippen LogP contribution in [0, 0.1) is 0 Å². The van der Waals surface area contributed by atoms with E-state index in [-0.39, 0.29) is 23.6 Å². The third-order valence-corrected chi connectivity index (χ3v) is 5.02. The summed E-state index contributed by atoms with van der Waals surface area (Å²) in [6.45, 7) is 0. The van der Waals surface area contributed by atoms with Gasteiger partial charge >= 0.3 is 0 Å². The van der Waals surface area contributed by atoms with Crippen LogP contribution in [0.25, 0.3) is 0 Å². The molecule has 20 heavy (non-hydrogen) atoms. The number of amides is 2. The molecule has 1 unspecified atom stereocenters. The van der Waals surface area contributed by atoms with Gasteiger partial charge in [-0.05, 0) is 28.6 Å². The lowest BCUT2D eigenvalue weighted by Gasteiger charge is -2.24. The Hall–Kier alpha value is -1.65. The number of carbonyl (C=O) groups is 2. The number of imide groups is 1. The highest BCUT2D eigenvalue weighted by molar-refractivity contribution is 7.10. The summed E-state index contributed by atoms with van der Waals surface area (Å²) in [6, 6.07) is 9.45. The Balaban J connectivity index is 2.01. The Morgan fingerprint density at radius 1 is 1.30 bits per heavy atom. The number of likely N-dealkylation sites (N-methyl/N-ethyl adjacent to an activating group) is 1. The van der Waals surface area contributed by atoms with E-state index in [0.29, 0.717) is 5.56 Å². The van der Waals surface area contributed by atoms with Gasteiger partial charge in [0, 0.05) is 17.5 Å². The Morgan fingerprint density at radius 2 is 2.10 bits per heavy atom. The van der Waals surface area contributed by atoms with Crippen LogP contribution in [0.1, 0.15) is 31.7 Å². The van der Waals surface area contributed by atoms with Gasteiger partial charge in [-0.2, -0.15) is 0 Å². The summed E-state index contributed by atoms with van der Waals surface area (Å²) in [4.78, 5) is 26.0. The predicted octanol–water partition coefficient (Wildman–Crippen LogP) is 3.23. The molecule has 1 aromatic heterocycles. The molecule has 0 fully saturated rings. The standard InChI is InChI=1S/C15H12ClNO2S/c1-17-13(18)8-9-4-5-10(7-11(9)15(17)19)14(16)12-3-2-6-20-12/h2-7,14H,8H2,1H3. The van der Waals surface area contributed by atoms with E-state index in [4.69, 9.17) is 11.6 Å². The predicted molar refractivity (Wildman–Crippen MR) is 79.3 cm³/mol. The maximum absolute atomic E-state index is 12.2. The zero-order valence-corrected chi connectivity index (χ0v) is 12.4. The van der Waals surface area contributed by atoms with Crippen LogP contribution in [0.5, 0.6) is 0 Å². The number of halogens is 1. The third-order valence-electron chi connectivity index (χ3n) is 3.47. The van der Waals surface area contributed by atoms with Crippen LogP contribution in [-0.2, 0) is 11.2 Å². The molecule has 0 bridgehead atoms. The Morgan fingerprint density at radius 3 is 2.80 bits per heavy atom. The van der Waals surface area contributed by atoms with Crippen molar-refractivity contribution in [2.24, 2.45) is 0 Å². The molecule has 3 nitrogen and oxygen atoms in total. The highest BCUT2D eigenvalue weighted by atomic mass is 35.5. The van der Waals surface area contributed by atoms with Crippen LogP contribution in [0.15, 0.2) is 35.7 Å². The van der Waals surface area contributed by atoms with E-state index >= 15 is 0 Å². The molecule has 1 aliphatic rings. The number of nitrogens with zero attached hydrogens (tertiary/aromatic N) is 1. The van der Waals surface area contributed by atoms with Crippen molar-refractivity contribution in [2.75, 3.05) is 7.05 Å². The molecular formula is C15H12ClNO2S. The SMILES string of the molecule is CN1C(=O)Cc2ccc(C(Cl)c3cccs3)cc2C1=O. The Kier molecular flexibility index (Phi) is 3.36. The molecule has 0 spiro atoms. The summed E-state index contributed by atoms with van der Waals surface area (Å²) in [5, 5.41) is 1.71. The molecule has 2 heterocycles. The van der Waals surface area contributed by atoms with Crippen molar-refractivity contribution in [3.8, 4) is 0 Å². The number of benzene rings is 1. The maximum atomic E-state index is 12.2. The molecule has 5 heteroatoms. The first-order valence-electron chi connectivity index (χ1n) is 6.19. The van der Waals surface area contributed by atoms with Crippen LogP contribution in [0.4, 0.5) is 0 Å². The lowest BCUT2D eigenvalue weighted by Crippen LogP contribution is -2.39. The molecule has 0 saturated heterocycles. The summed E-state index contributed by atoms with van der Waals surface area (Å²) in [7, 11) is 1.51. The third kappa shape index (κ3) is 2.15. The molecule has 1 aliphatic heterocycles. The number of alkyl halides is 1. The zero-order valence-electron chi connectivity index (χ0n) is 10.8. The quantitative estimate of drug-likeness (QED) is 0.631. The second-order valence-electron chi connectivity index (χ2n) is 4.73. The molecular weight excluding hydrogens is 294 g/mol. The lowest BCUT2D eigenvalue weighted by molar-refractivity contribution is -0.127. The first-order chi connectivity index (χ1) is 9.58. The average Bonchev–Trinajstić information content (AvgIpc) is 2.98. The van der Waals surface area contributed by atoms with E-state index in [1.54, 1.807) is 17.4 Å². The lowest BCUT2D eigenvalue weighted by atomic mass is 9.95. The van der Waals surface area contributed by atoms with Gasteiger partial charge in [0.15, 0.2) is 0 Å². The second-order valence-corrected chi connectivity index (χ2v) is 6.14. The summed E-state index contributed by atoms with van der Waals surface area (Å²) in [5.74, 6) is -0.427. The zero-order chi connectivity index (χ0) is 14.3. The van der Waals surface area contributed by atoms with Crippen LogP contribution in [-0.4, -0.2) is 23.8 Å². The van der Waals surface area contributed by atoms with Crippen molar-refractivity contribution in [3.05, 3.63) is 57.3 Å². The number of hydrogen-bond donors (Lipinski definition) is 0. The van der Waals surface area contributed by atoms with Gasteiger partial charge in [-0.1, -0.05) is 18.2 Å². The van der Waals surface area contributed by atoms with Crippen molar-refractivity contribution in [1.29, 1.82) is 0 Å². The van der Waals surface area contributed by atoms with Crippen LogP contribution < -0.4 is 0 Å². The van der Waals surface area contributed by atoms with E-state index in [1.165, 1.54) is 11.9 Å². The minimum Gasteiger partial charge on any atom is -0.281 e. The van der Waals surface area contributed by atoms with Gasteiger partial charge in [0.2, 0.25) is 5.91 Å². The van der Waals surface area contributed by atoms with E-state index < -0.39 is 0 Å². The summed E-state index contributed by atoms with van der Waals surface area (Å²) in [5.41, 5.74) is 2.23. The van der Waals surface area contributed by atoms with Gasteiger partial charge in [-0.25, -0.2) is 0 Å². The van der Waals surface area contributed by atoms with Gasteiger partial charge < -0.3 is 0 Å². The average molecular weight is 306 g/mol. The van der Waals surface area contributed by atoms with Crippen molar-refractivity contribution in [3.63, 3.8) is 0 Å². The molecule has 0 N–H and O–H groups in total. The van der Waals surface area contributed by atoms with Crippen LogP contribution in [0.3, 0.4) is 0 Å². The smallest absolute Gasteiger partial charge is 0.260 e. The number of thiophene rings is 1. The van der Waals surface area contributed by atoms with E-state index in [9.17, 15) is 9.59 Å². The minimum atomic E-state index is -0.268. The van der Waals surface area contributed by atoms with E-state index in [0.717, 1.165) is 16.0 Å². The van der Waals surface area contributed by atoms with Crippen molar-refractivity contribution in [2.45, 2.75) is 11.8 Å². The summed E-state index contributed by atoms with van der Waals surface area (Å²) < 4.78 is 0. The number of fused-ring (bicyclic) bond motifs is 1. The fourth-order valence-electron chi connectivity index (χ4n) is 2.28. The molecule has 102 valence electrons. The first kappa shape index (κ1) is 13.3. The number of rotatable bonds is 2. The van der Waals surface area contributed by atoms with Crippen LogP contribution in [0.2, 0.25) is 0 Å². The number of carbonyl (C=O) groups excluding carboxylic acids is 2. The first-order valence-corrected chi connectivity index (χ1v) is 7.50. The van der Waals surface area contributed by atoms with Gasteiger partial charge in [0.05, 0.1) is 11.8 Å². The molecule has 0 saturated carbocycles. The minimum absolute atomic E-state index is 0.170. The highest BCUT2D eigenvalue weighted by Gasteiger charge is 2.28. The highest BCUT2D eigenvalue weighted by Crippen LogP contribution is 2.33. The van der Waals surface area contributed by atoms with E-state index in [1.807, 2.05) is 29.6 Å². The molecule has 1 aromatic carbocycles. The molecule has 1 atom stereocenters. The Bertz CT molecular complexity index is 681. The molecule has 0 radical (unpaired) electrons. The fraction of sp³-hybridized carbons (Fsp3) is 0.200. The fourth-order valence-corrected chi connectivity index (χ4v) is 3.37. The number of hydrogen-bond acceptors (Lipinski definition) is 3. The topological polar surface area (TPSA) is 37.4 Å². The summed E-state index contributed by atoms with van der Waals surface area (Å²) >= 11 is 8.03. The van der Waals surface area contributed by atoms with Gasteiger partial charge in [-0.15, -0.1) is 22.9 Å². The summed E-state index contributed by atoms with van der Waals surface area (Å²) in [6.07, 6.45) is 0.268. The van der Waals surface area contributed by atoms with Gasteiger partial charge in [-0.3, -0.25) is 14.5 Å². The second kappa shape index (κ2) is 5.04. The van der Waals surface area contributed by atoms with Crippen LogP contribution >= 0.6 is 22.9 Å². The van der Waals surface area contributed by atoms with Gasteiger partial charge in [0.25, 0.3) is 5.91 Å². The normalized spacial score (nSPS) is 16.2. The Labute approximate surface area is 125 Å². The van der Waals surface area contributed by atoms with Crippen molar-refractivity contribution in [1.82, 2.24) is 4.90 Å². The maximum Gasteiger partial charge on any atom is 0.260 e. The molecule has 2 aromatic rings. The van der Waals surface area contributed by atoms with Gasteiger partial charge in [0.1, 0.15) is 0 Å². The molecule has 2 amide bonds. The van der Waals surface area contributed by atoms with E-state index in [2.05, 4.69) is 0 Å². The molecule has 0 aliphatic carbocycles. The monoisotopic (exact) mass is 305 g/mol. The van der Waals surface area contributed by atoms with Crippen molar-refractivity contribution < 1.29 is 9.59 Å². The van der Waals surface area contributed by atoms with Crippen molar-refractivity contribution >= 4 is 34.8 Å². The molecule has 3 rings (SSSR count). The largest absolute Gasteiger partial charge is 0.281 e.